The number of carbonyl (C=O) groups is 1. The van der Waals surface area contributed by atoms with Crippen molar-refractivity contribution >= 4 is 33.2 Å². The molecule has 0 aliphatic carbocycles. The molecule has 0 bridgehead atoms. The van der Waals surface area contributed by atoms with E-state index in [2.05, 4.69) is 26.2 Å². The standard InChI is InChI=1S/C11H9BrFN3O/c12-8-4-7(1-2-9(8)13)16-11(17)10-3-6(14)5-15-10/h1-5,15H,14H2,(H,16,17). The van der Waals surface area contributed by atoms with Crippen LogP contribution in [0.3, 0.4) is 0 Å². The molecule has 4 nitrogen and oxygen atoms in total. The van der Waals surface area contributed by atoms with E-state index in [1.807, 2.05) is 0 Å². The number of amides is 1. The molecule has 0 saturated heterocycles. The molecule has 0 spiro atoms. The lowest BCUT2D eigenvalue weighted by atomic mass is 10.3. The second kappa shape index (κ2) is 4.58. The van der Waals surface area contributed by atoms with Gasteiger partial charge in [0.2, 0.25) is 0 Å². The first-order valence-corrected chi connectivity index (χ1v) is 5.56. The molecule has 88 valence electrons. The third-order valence-corrected chi connectivity index (χ3v) is 2.74. The molecular weight excluding hydrogens is 289 g/mol. The molecule has 1 amide bonds. The van der Waals surface area contributed by atoms with Crippen LogP contribution in [0.5, 0.6) is 0 Å². The highest BCUT2D eigenvalue weighted by Gasteiger charge is 2.09. The van der Waals surface area contributed by atoms with Crippen LogP contribution in [-0.4, -0.2) is 10.9 Å². The van der Waals surface area contributed by atoms with E-state index in [1.54, 1.807) is 0 Å². The van der Waals surface area contributed by atoms with Gasteiger partial charge in [0.1, 0.15) is 11.5 Å². The largest absolute Gasteiger partial charge is 0.397 e. The summed E-state index contributed by atoms with van der Waals surface area (Å²) in [5, 5.41) is 2.62. The molecule has 0 atom stereocenters. The van der Waals surface area contributed by atoms with Gasteiger partial charge in [0.05, 0.1) is 4.47 Å². The van der Waals surface area contributed by atoms with Gasteiger partial charge in [0.15, 0.2) is 0 Å². The molecule has 1 aromatic heterocycles. The van der Waals surface area contributed by atoms with Crippen LogP contribution >= 0.6 is 15.9 Å². The summed E-state index contributed by atoms with van der Waals surface area (Å²) in [5.41, 5.74) is 6.81. The Morgan fingerprint density at radius 2 is 2.18 bits per heavy atom. The van der Waals surface area contributed by atoms with Crippen LogP contribution in [0.15, 0.2) is 34.9 Å². The SMILES string of the molecule is Nc1c[nH]c(C(=O)Nc2ccc(F)c(Br)c2)c1. The number of anilines is 2. The summed E-state index contributed by atoms with van der Waals surface area (Å²) in [7, 11) is 0. The fourth-order valence-corrected chi connectivity index (χ4v) is 1.69. The average Bonchev–Trinajstić information content (AvgIpc) is 2.70. The molecule has 0 unspecified atom stereocenters. The normalized spacial score (nSPS) is 10.2. The average molecular weight is 298 g/mol. The fourth-order valence-electron chi connectivity index (χ4n) is 1.31. The van der Waals surface area contributed by atoms with E-state index in [0.717, 1.165) is 0 Å². The number of hydrogen-bond acceptors (Lipinski definition) is 2. The predicted molar refractivity (Wildman–Crippen MR) is 67.3 cm³/mol. The summed E-state index contributed by atoms with van der Waals surface area (Å²) in [4.78, 5) is 14.4. The van der Waals surface area contributed by atoms with E-state index in [0.29, 0.717) is 21.5 Å². The topological polar surface area (TPSA) is 70.9 Å². The lowest BCUT2D eigenvalue weighted by Gasteiger charge is -2.04. The van der Waals surface area contributed by atoms with Crippen molar-refractivity contribution in [1.82, 2.24) is 4.98 Å². The molecule has 1 heterocycles. The molecule has 4 N–H and O–H groups in total. The number of rotatable bonds is 2. The Morgan fingerprint density at radius 1 is 1.41 bits per heavy atom. The highest BCUT2D eigenvalue weighted by atomic mass is 79.9. The van der Waals surface area contributed by atoms with Gasteiger partial charge < -0.3 is 16.0 Å². The van der Waals surface area contributed by atoms with Crippen LogP contribution in [0.2, 0.25) is 0 Å². The molecule has 2 rings (SSSR count). The number of aromatic nitrogens is 1. The van der Waals surface area contributed by atoms with Crippen LogP contribution in [0.1, 0.15) is 10.5 Å². The van der Waals surface area contributed by atoms with Gasteiger partial charge in [-0.15, -0.1) is 0 Å². The third kappa shape index (κ3) is 2.65. The Balaban J connectivity index is 2.15. The molecule has 2 aromatic rings. The molecule has 17 heavy (non-hydrogen) atoms. The van der Waals surface area contributed by atoms with Crippen molar-refractivity contribution in [2.75, 3.05) is 11.1 Å². The minimum Gasteiger partial charge on any atom is -0.397 e. The molecule has 0 radical (unpaired) electrons. The second-order valence-corrected chi connectivity index (χ2v) is 4.28. The van der Waals surface area contributed by atoms with Crippen molar-refractivity contribution in [3.63, 3.8) is 0 Å². The molecule has 1 aromatic carbocycles. The number of hydrogen-bond donors (Lipinski definition) is 3. The molecular formula is C11H9BrFN3O. The summed E-state index contributed by atoms with van der Waals surface area (Å²) < 4.78 is 13.3. The van der Waals surface area contributed by atoms with E-state index < -0.39 is 0 Å². The molecule has 0 saturated carbocycles. The van der Waals surface area contributed by atoms with Crippen molar-refractivity contribution in [3.05, 3.63) is 46.4 Å². The van der Waals surface area contributed by atoms with Crippen molar-refractivity contribution in [3.8, 4) is 0 Å². The van der Waals surface area contributed by atoms with Crippen LogP contribution in [0.25, 0.3) is 0 Å². The molecule has 0 fully saturated rings. The highest BCUT2D eigenvalue weighted by molar-refractivity contribution is 9.10. The zero-order valence-electron chi connectivity index (χ0n) is 8.63. The molecule has 0 aliphatic rings. The monoisotopic (exact) mass is 297 g/mol. The van der Waals surface area contributed by atoms with Gasteiger partial charge in [-0.1, -0.05) is 0 Å². The van der Waals surface area contributed by atoms with Crippen molar-refractivity contribution in [2.24, 2.45) is 0 Å². The van der Waals surface area contributed by atoms with Gasteiger partial charge in [-0.2, -0.15) is 0 Å². The number of nitrogens with two attached hydrogens (primary N) is 1. The van der Waals surface area contributed by atoms with E-state index in [4.69, 9.17) is 5.73 Å². The number of benzene rings is 1. The van der Waals surface area contributed by atoms with Gasteiger partial charge in [-0.05, 0) is 40.2 Å². The van der Waals surface area contributed by atoms with Crippen molar-refractivity contribution < 1.29 is 9.18 Å². The smallest absolute Gasteiger partial charge is 0.272 e. The first-order chi connectivity index (χ1) is 8.06. The summed E-state index contributed by atoms with van der Waals surface area (Å²) in [6, 6.07) is 5.75. The highest BCUT2D eigenvalue weighted by Crippen LogP contribution is 2.20. The quantitative estimate of drug-likeness (QED) is 0.797. The van der Waals surface area contributed by atoms with Gasteiger partial charge in [-0.25, -0.2) is 4.39 Å². The lowest BCUT2D eigenvalue weighted by molar-refractivity contribution is 0.102. The number of H-pyrrole nitrogens is 1. The number of carbonyl (C=O) groups excluding carboxylic acids is 1. The fraction of sp³-hybridized carbons (Fsp3) is 0. The lowest BCUT2D eigenvalue weighted by Crippen LogP contribution is -2.12. The number of halogens is 2. The maximum Gasteiger partial charge on any atom is 0.272 e. The zero-order valence-corrected chi connectivity index (χ0v) is 10.2. The molecule has 0 aliphatic heterocycles. The van der Waals surface area contributed by atoms with Gasteiger partial charge in [-0.3, -0.25) is 4.79 Å². The van der Waals surface area contributed by atoms with E-state index >= 15 is 0 Å². The van der Waals surface area contributed by atoms with Crippen LogP contribution in [-0.2, 0) is 0 Å². The number of aromatic amines is 1. The predicted octanol–water partition coefficient (Wildman–Crippen LogP) is 2.75. The van der Waals surface area contributed by atoms with Gasteiger partial charge in [0, 0.05) is 17.6 Å². The van der Waals surface area contributed by atoms with Gasteiger partial charge >= 0.3 is 0 Å². The molecule has 6 heteroatoms. The summed E-state index contributed by atoms with van der Waals surface area (Å²) >= 11 is 3.04. The maximum absolute atomic E-state index is 13.0. The Bertz CT molecular complexity index is 568. The van der Waals surface area contributed by atoms with Gasteiger partial charge in [0.25, 0.3) is 5.91 Å². The zero-order chi connectivity index (χ0) is 12.4. The summed E-state index contributed by atoms with van der Waals surface area (Å²) in [5.74, 6) is -0.715. The van der Waals surface area contributed by atoms with E-state index in [1.165, 1.54) is 30.5 Å². The first-order valence-electron chi connectivity index (χ1n) is 4.76. The third-order valence-electron chi connectivity index (χ3n) is 2.13. The Hall–Kier alpha value is -1.82. The number of nitrogens with one attached hydrogen (secondary N) is 2. The Kier molecular flexibility index (Phi) is 3.14. The minimum atomic E-state index is -0.382. The second-order valence-electron chi connectivity index (χ2n) is 3.43. The van der Waals surface area contributed by atoms with Crippen LogP contribution in [0, 0.1) is 5.82 Å². The first kappa shape index (κ1) is 11.7. The van der Waals surface area contributed by atoms with E-state index in [9.17, 15) is 9.18 Å². The summed E-state index contributed by atoms with van der Waals surface area (Å²) in [6.45, 7) is 0. The van der Waals surface area contributed by atoms with Crippen LogP contribution in [0.4, 0.5) is 15.8 Å². The van der Waals surface area contributed by atoms with Crippen molar-refractivity contribution in [1.29, 1.82) is 0 Å². The number of nitrogen functional groups attached to an aromatic ring is 1. The Labute approximate surface area is 105 Å². The van der Waals surface area contributed by atoms with Crippen molar-refractivity contribution in [2.45, 2.75) is 0 Å². The minimum absolute atomic E-state index is 0.293. The van der Waals surface area contributed by atoms with E-state index in [-0.39, 0.29) is 11.7 Å². The maximum atomic E-state index is 13.0. The van der Waals surface area contributed by atoms with Crippen LogP contribution < -0.4 is 11.1 Å². The summed E-state index contributed by atoms with van der Waals surface area (Å²) in [6.07, 6.45) is 1.52. The Morgan fingerprint density at radius 3 is 2.76 bits per heavy atom.